The Morgan fingerprint density at radius 3 is 2.60 bits per heavy atom. The number of pyridine rings is 1. The molecule has 3 aromatic rings. The first-order valence-corrected chi connectivity index (χ1v) is 10.00. The number of halogens is 1. The molecule has 3 rings (SSSR count). The third-order valence-electron chi connectivity index (χ3n) is 3.76. The van der Waals surface area contributed by atoms with Crippen LogP contribution in [-0.4, -0.2) is 13.4 Å². The van der Waals surface area contributed by atoms with Crippen LogP contribution in [0.2, 0.25) is 0 Å². The summed E-state index contributed by atoms with van der Waals surface area (Å²) in [5.74, 6) is 0. The Morgan fingerprint density at radius 1 is 1.04 bits per heavy atom. The highest BCUT2D eigenvalue weighted by atomic mass is 79.9. The van der Waals surface area contributed by atoms with Crippen molar-refractivity contribution in [3.63, 3.8) is 0 Å². The predicted molar refractivity (Wildman–Crippen MR) is 103 cm³/mol. The number of benzene rings is 2. The second-order valence-electron chi connectivity index (χ2n) is 5.64. The minimum absolute atomic E-state index is 0.167. The zero-order valence-electron chi connectivity index (χ0n) is 13.6. The van der Waals surface area contributed by atoms with Gasteiger partial charge in [-0.15, -0.1) is 0 Å². The van der Waals surface area contributed by atoms with Crippen LogP contribution in [0, 0.1) is 6.92 Å². The quantitative estimate of drug-likeness (QED) is 0.674. The van der Waals surface area contributed by atoms with Gasteiger partial charge in [-0.2, -0.15) is 0 Å². The summed E-state index contributed by atoms with van der Waals surface area (Å²) in [4.78, 5) is 4.66. The lowest BCUT2D eigenvalue weighted by atomic mass is 10.0. The molecule has 0 aliphatic rings. The minimum Gasteiger partial charge on any atom is -0.256 e. The van der Waals surface area contributed by atoms with E-state index in [-0.39, 0.29) is 11.4 Å². The van der Waals surface area contributed by atoms with E-state index in [2.05, 4.69) is 25.6 Å². The molecule has 0 saturated heterocycles. The highest BCUT2D eigenvalue weighted by Gasteiger charge is 2.17. The number of aromatic nitrogens is 1. The lowest BCUT2D eigenvalue weighted by Gasteiger charge is -2.12. The number of aryl methyl sites for hydroxylation is 1. The minimum atomic E-state index is -3.62. The zero-order valence-corrected chi connectivity index (χ0v) is 16.0. The topological polar surface area (TPSA) is 59.1 Å². The van der Waals surface area contributed by atoms with Crippen LogP contribution in [0.1, 0.15) is 11.1 Å². The molecule has 0 bridgehead atoms. The van der Waals surface area contributed by atoms with Crippen LogP contribution in [0.3, 0.4) is 0 Å². The standard InChI is InChI=1S/C19H17BrN2O2S/c1-14-6-4-7-15(12-14)19-16(8-5-11-21-19)13-22-25(23,24)18-10-3-2-9-17(18)20/h2-12,22H,13H2,1H3. The molecule has 0 saturated carbocycles. The molecule has 0 aliphatic heterocycles. The van der Waals surface area contributed by atoms with Crippen molar-refractivity contribution in [2.75, 3.05) is 0 Å². The van der Waals surface area contributed by atoms with Crippen molar-refractivity contribution in [1.29, 1.82) is 0 Å². The van der Waals surface area contributed by atoms with Crippen LogP contribution < -0.4 is 4.72 Å². The molecule has 1 heterocycles. The first-order chi connectivity index (χ1) is 12.0. The van der Waals surface area contributed by atoms with Crippen molar-refractivity contribution in [2.45, 2.75) is 18.4 Å². The van der Waals surface area contributed by atoms with Gasteiger partial charge in [-0.1, -0.05) is 42.0 Å². The smallest absolute Gasteiger partial charge is 0.241 e. The highest BCUT2D eigenvalue weighted by molar-refractivity contribution is 9.10. The fraction of sp³-hybridized carbons (Fsp3) is 0.105. The Bertz CT molecular complexity index is 1000. The fourth-order valence-corrected chi connectivity index (χ4v) is 4.55. The summed E-state index contributed by atoms with van der Waals surface area (Å²) in [6.07, 6.45) is 1.71. The third kappa shape index (κ3) is 4.15. The molecule has 1 aromatic heterocycles. The fourth-order valence-electron chi connectivity index (χ4n) is 2.55. The van der Waals surface area contributed by atoms with E-state index in [4.69, 9.17) is 0 Å². The number of sulfonamides is 1. The van der Waals surface area contributed by atoms with E-state index in [1.165, 1.54) is 0 Å². The van der Waals surface area contributed by atoms with Crippen LogP contribution >= 0.6 is 15.9 Å². The Kier molecular flexibility index (Phi) is 5.32. The summed E-state index contributed by atoms with van der Waals surface area (Å²) in [6, 6.07) is 18.4. The van der Waals surface area contributed by atoms with Crippen LogP contribution in [-0.2, 0) is 16.6 Å². The van der Waals surface area contributed by atoms with Gasteiger partial charge in [-0.3, -0.25) is 4.98 Å². The maximum absolute atomic E-state index is 12.6. The summed E-state index contributed by atoms with van der Waals surface area (Å²) < 4.78 is 28.3. The second-order valence-corrected chi connectivity index (χ2v) is 8.23. The van der Waals surface area contributed by atoms with Gasteiger partial charge in [0.15, 0.2) is 0 Å². The summed E-state index contributed by atoms with van der Waals surface area (Å²) in [5.41, 5.74) is 3.70. The zero-order chi connectivity index (χ0) is 17.9. The van der Waals surface area contributed by atoms with Gasteiger partial charge in [0.1, 0.15) is 0 Å². The van der Waals surface area contributed by atoms with E-state index in [1.807, 2.05) is 37.3 Å². The molecule has 1 N–H and O–H groups in total. The number of rotatable bonds is 5. The number of nitrogens with one attached hydrogen (secondary N) is 1. The lowest BCUT2D eigenvalue weighted by molar-refractivity contribution is 0.581. The van der Waals surface area contributed by atoms with E-state index in [0.29, 0.717) is 4.47 Å². The number of hydrogen-bond acceptors (Lipinski definition) is 3. The van der Waals surface area contributed by atoms with Gasteiger partial charge in [-0.25, -0.2) is 13.1 Å². The molecule has 0 unspecified atom stereocenters. The van der Waals surface area contributed by atoms with E-state index in [9.17, 15) is 8.42 Å². The lowest BCUT2D eigenvalue weighted by Crippen LogP contribution is -2.24. The summed E-state index contributed by atoms with van der Waals surface area (Å²) in [6.45, 7) is 2.18. The molecule has 0 radical (unpaired) electrons. The predicted octanol–water partition coefficient (Wildman–Crippen LogP) is 4.30. The SMILES string of the molecule is Cc1cccc(-c2ncccc2CNS(=O)(=O)c2ccccc2Br)c1. The monoisotopic (exact) mass is 416 g/mol. The van der Waals surface area contributed by atoms with Gasteiger partial charge in [0.2, 0.25) is 10.0 Å². The van der Waals surface area contributed by atoms with Crippen LogP contribution in [0.15, 0.2) is 76.2 Å². The van der Waals surface area contributed by atoms with Crippen LogP contribution in [0.5, 0.6) is 0 Å². The van der Waals surface area contributed by atoms with Crippen molar-refractivity contribution in [1.82, 2.24) is 9.71 Å². The van der Waals surface area contributed by atoms with Crippen LogP contribution in [0.25, 0.3) is 11.3 Å². The first kappa shape index (κ1) is 17.8. The molecule has 0 fully saturated rings. The molecule has 25 heavy (non-hydrogen) atoms. The van der Waals surface area contributed by atoms with Crippen molar-refractivity contribution in [3.8, 4) is 11.3 Å². The van der Waals surface area contributed by atoms with Gasteiger partial charge < -0.3 is 0 Å². The van der Waals surface area contributed by atoms with Crippen molar-refractivity contribution in [3.05, 3.63) is 82.5 Å². The Balaban J connectivity index is 1.89. The third-order valence-corrected chi connectivity index (χ3v) is 6.17. The Hall–Kier alpha value is -2.02. The van der Waals surface area contributed by atoms with Crippen molar-refractivity contribution in [2.24, 2.45) is 0 Å². The van der Waals surface area contributed by atoms with Gasteiger partial charge in [-0.05, 0) is 52.7 Å². The molecule has 6 heteroatoms. The summed E-state index contributed by atoms with van der Waals surface area (Å²) in [7, 11) is -3.62. The average molecular weight is 417 g/mol. The van der Waals surface area contributed by atoms with E-state index >= 15 is 0 Å². The van der Waals surface area contributed by atoms with Gasteiger partial charge >= 0.3 is 0 Å². The first-order valence-electron chi connectivity index (χ1n) is 7.72. The summed E-state index contributed by atoms with van der Waals surface area (Å²) in [5, 5.41) is 0. The van der Waals surface area contributed by atoms with Crippen LogP contribution in [0.4, 0.5) is 0 Å². The second kappa shape index (κ2) is 7.47. The van der Waals surface area contributed by atoms with Gasteiger partial charge in [0, 0.05) is 22.8 Å². The molecule has 4 nitrogen and oxygen atoms in total. The molecular formula is C19H17BrN2O2S. The van der Waals surface area contributed by atoms with Crippen molar-refractivity contribution < 1.29 is 8.42 Å². The summed E-state index contributed by atoms with van der Waals surface area (Å²) >= 11 is 3.29. The Morgan fingerprint density at radius 2 is 1.84 bits per heavy atom. The molecular weight excluding hydrogens is 400 g/mol. The normalized spacial score (nSPS) is 11.4. The molecule has 128 valence electrons. The average Bonchev–Trinajstić information content (AvgIpc) is 2.60. The van der Waals surface area contributed by atoms with E-state index in [0.717, 1.165) is 22.4 Å². The van der Waals surface area contributed by atoms with Gasteiger partial charge in [0.25, 0.3) is 0 Å². The largest absolute Gasteiger partial charge is 0.256 e. The maximum Gasteiger partial charge on any atom is 0.241 e. The van der Waals surface area contributed by atoms with Crippen molar-refractivity contribution >= 4 is 26.0 Å². The number of nitrogens with zero attached hydrogens (tertiary/aromatic N) is 1. The molecule has 0 amide bonds. The molecule has 0 spiro atoms. The Labute approximate surface area is 156 Å². The highest BCUT2D eigenvalue weighted by Crippen LogP contribution is 2.24. The number of hydrogen-bond donors (Lipinski definition) is 1. The van der Waals surface area contributed by atoms with Gasteiger partial charge in [0.05, 0.1) is 10.6 Å². The molecule has 0 atom stereocenters. The maximum atomic E-state index is 12.6. The van der Waals surface area contributed by atoms with E-state index < -0.39 is 10.0 Å². The van der Waals surface area contributed by atoms with E-state index in [1.54, 1.807) is 36.5 Å². The molecule has 2 aromatic carbocycles. The molecule has 0 aliphatic carbocycles.